The molecule has 0 bridgehead atoms. The third-order valence-corrected chi connectivity index (χ3v) is 5.78. The van der Waals surface area contributed by atoms with Crippen molar-refractivity contribution in [2.45, 2.75) is 20.8 Å². The van der Waals surface area contributed by atoms with Gasteiger partial charge in [0.2, 0.25) is 0 Å². The van der Waals surface area contributed by atoms with Gasteiger partial charge in [-0.3, -0.25) is 0 Å². The van der Waals surface area contributed by atoms with Gasteiger partial charge in [-0.05, 0) is 72.8 Å². The van der Waals surface area contributed by atoms with Crippen LogP contribution in [0.15, 0.2) is 109 Å². The van der Waals surface area contributed by atoms with E-state index in [0.29, 0.717) is 0 Å². The van der Waals surface area contributed by atoms with E-state index in [2.05, 4.69) is 32.0 Å². The van der Waals surface area contributed by atoms with Gasteiger partial charge < -0.3 is 18.9 Å². The van der Waals surface area contributed by atoms with Crippen molar-refractivity contribution in [3.63, 3.8) is 0 Å². The first-order chi connectivity index (χ1) is 18.5. The quantitative estimate of drug-likeness (QED) is 0.177. The van der Waals surface area contributed by atoms with Gasteiger partial charge in [0.25, 0.3) is 0 Å². The van der Waals surface area contributed by atoms with Gasteiger partial charge in [0.05, 0.1) is 7.11 Å². The van der Waals surface area contributed by atoms with Crippen LogP contribution < -0.4 is 18.9 Å². The topological polar surface area (TPSA) is 36.9 Å². The van der Waals surface area contributed by atoms with Gasteiger partial charge in [0.1, 0.15) is 34.5 Å². The summed E-state index contributed by atoms with van der Waals surface area (Å²) >= 11 is 0. The summed E-state index contributed by atoms with van der Waals surface area (Å²) in [4.78, 5) is 0. The zero-order valence-electron chi connectivity index (χ0n) is 22.6. The molecule has 0 saturated carbocycles. The van der Waals surface area contributed by atoms with E-state index in [4.69, 9.17) is 18.9 Å². The molecule has 5 heteroatoms. The van der Waals surface area contributed by atoms with E-state index in [0.717, 1.165) is 45.8 Å². The van der Waals surface area contributed by atoms with Crippen LogP contribution in [0.25, 0.3) is 0 Å². The second-order valence-corrected chi connectivity index (χ2v) is 8.63. The van der Waals surface area contributed by atoms with Gasteiger partial charge >= 0.3 is 0 Å². The molecule has 0 atom stereocenters. The van der Waals surface area contributed by atoms with Crippen LogP contribution in [0.3, 0.4) is 0 Å². The summed E-state index contributed by atoms with van der Waals surface area (Å²) in [6, 6.07) is 40.1. The fourth-order valence-electron chi connectivity index (χ4n) is 3.40. The Labute approximate surface area is 256 Å². The van der Waals surface area contributed by atoms with Crippen LogP contribution in [0.1, 0.15) is 16.7 Å². The normalized spacial score (nSPS) is 9.85. The number of methoxy groups -OCH3 is 1. The van der Waals surface area contributed by atoms with E-state index in [1.807, 2.05) is 110 Å². The first-order valence-electron chi connectivity index (χ1n) is 12.3. The molecule has 5 aromatic carbocycles. The van der Waals surface area contributed by atoms with E-state index in [9.17, 15) is 0 Å². The number of hydrogen-bond donors (Lipinski definition) is 0. The maximum absolute atomic E-state index is 5.91. The molecule has 0 spiro atoms. The Morgan fingerprint density at radius 3 is 1.18 bits per heavy atom. The number of rotatable bonds is 7. The van der Waals surface area contributed by atoms with Crippen LogP contribution in [-0.4, -0.2) is 7.11 Å². The largest absolute Gasteiger partial charge is 0.497 e. The summed E-state index contributed by atoms with van der Waals surface area (Å²) in [5.74, 6) is 5.28. The van der Waals surface area contributed by atoms with Gasteiger partial charge in [-0.15, -0.1) is 11.6 Å². The second kappa shape index (κ2) is 15.1. The summed E-state index contributed by atoms with van der Waals surface area (Å²) < 4.78 is 22.8. The molecule has 0 saturated heterocycles. The number of hydrogen-bond acceptors (Lipinski definition) is 4. The van der Waals surface area contributed by atoms with E-state index < -0.39 is 0 Å². The summed E-state index contributed by atoms with van der Waals surface area (Å²) in [5, 5.41) is 0. The van der Waals surface area contributed by atoms with Crippen molar-refractivity contribution in [2.75, 3.05) is 7.11 Å². The summed E-state index contributed by atoms with van der Waals surface area (Å²) in [6.07, 6.45) is 0. The summed E-state index contributed by atoms with van der Waals surface area (Å²) in [6.45, 7) is 6.18. The molecule has 0 aliphatic carbocycles. The molecule has 195 valence electrons. The molecule has 39 heavy (non-hydrogen) atoms. The van der Waals surface area contributed by atoms with Crippen molar-refractivity contribution in [3.8, 4) is 40.2 Å². The summed E-state index contributed by atoms with van der Waals surface area (Å²) in [5.41, 5.74) is 3.69. The van der Waals surface area contributed by atoms with Gasteiger partial charge in [-0.2, -0.15) is 53.6 Å². The maximum atomic E-state index is 5.91. The molecule has 5 rings (SSSR count). The standard InChI is InChI=1S/C26H21O4.C8H9.Y/c1-19-5-3-4-6-26(19)30-25-17-15-24(16-18-25)29-23-13-11-22(12-14-23)28-21-9-7-20(27-2)8-10-21;1-7-5-3-4-6-8(7)2;/h4-18H,1-2H3;3,5-6H,1-2H3;/q2*-1;. The number of benzene rings is 5. The SMILES string of the molecule is COc1ccc(Oc2ccc(Oc3ccc(Oc4cc[c-]cc4C)cc3)cc2)cc1.Cc1c[c-]ccc1C.[Y]. The molecule has 0 aromatic heterocycles. The predicted octanol–water partition coefficient (Wildman–Crippen LogP) is 9.28. The Hall–Kier alpha value is -3.60. The van der Waals surface area contributed by atoms with Crippen molar-refractivity contribution >= 4 is 0 Å². The van der Waals surface area contributed by atoms with Crippen LogP contribution in [0.5, 0.6) is 40.2 Å². The van der Waals surface area contributed by atoms with Gasteiger partial charge in [-0.1, -0.05) is 20.8 Å². The molecule has 1 radical (unpaired) electrons. The molecule has 0 aliphatic heterocycles. The molecule has 0 N–H and O–H groups in total. The first kappa shape index (κ1) is 30.0. The van der Waals surface area contributed by atoms with Crippen molar-refractivity contribution in [1.29, 1.82) is 0 Å². The third kappa shape index (κ3) is 9.28. The molecule has 0 amide bonds. The Balaban J connectivity index is 0.000000402. The van der Waals surface area contributed by atoms with Crippen LogP contribution in [0, 0.1) is 32.9 Å². The minimum atomic E-state index is 0. The Morgan fingerprint density at radius 2 is 0.821 bits per heavy atom. The molecule has 5 aromatic rings. The number of aryl methyl sites for hydroxylation is 3. The molecular formula is C34H30O4Y-2. The van der Waals surface area contributed by atoms with E-state index >= 15 is 0 Å². The summed E-state index contributed by atoms with van der Waals surface area (Å²) in [7, 11) is 1.64. The average Bonchev–Trinajstić information content (AvgIpc) is 2.95. The average molecular weight is 592 g/mol. The molecule has 4 nitrogen and oxygen atoms in total. The van der Waals surface area contributed by atoms with Gasteiger partial charge in [0.15, 0.2) is 0 Å². The third-order valence-electron chi connectivity index (χ3n) is 5.78. The van der Waals surface area contributed by atoms with Crippen molar-refractivity contribution in [1.82, 2.24) is 0 Å². The molecular weight excluding hydrogens is 561 g/mol. The molecule has 0 aliphatic rings. The Morgan fingerprint density at radius 1 is 0.436 bits per heavy atom. The monoisotopic (exact) mass is 591 g/mol. The fourth-order valence-corrected chi connectivity index (χ4v) is 3.40. The smallest absolute Gasteiger partial charge is 0.127 e. The Kier molecular flexibility index (Phi) is 11.6. The number of ether oxygens (including phenoxy) is 4. The van der Waals surface area contributed by atoms with Crippen LogP contribution >= 0.6 is 0 Å². The van der Waals surface area contributed by atoms with Crippen LogP contribution in [-0.2, 0) is 32.7 Å². The van der Waals surface area contributed by atoms with E-state index in [1.165, 1.54) is 11.1 Å². The van der Waals surface area contributed by atoms with Crippen molar-refractivity contribution in [2.24, 2.45) is 0 Å². The second-order valence-electron chi connectivity index (χ2n) is 8.63. The fraction of sp³-hybridized carbons (Fsp3) is 0.118. The van der Waals surface area contributed by atoms with Crippen molar-refractivity contribution < 1.29 is 51.7 Å². The van der Waals surface area contributed by atoms with Crippen LogP contribution in [0.2, 0.25) is 0 Å². The first-order valence-corrected chi connectivity index (χ1v) is 12.3. The van der Waals surface area contributed by atoms with E-state index in [-0.39, 0.29) is 32.7 Å². The van der Waals surface area contributed by atoms with Crippen molar-refractivity contribution in [3.05, 3.63) is 138 Å². The van der Waals surface area contributed by atoms with Gasteiger partial charge in [-0.25, -0.2) is 0 Å². The molecule has 0 heterocycles. The minimum Gasteiger partial charge on any atom is -0.497 e. The van der Waals surface area contributed by atoms with Gasteiger partial charge in [0, 0.05) is 38.5 Å². The van der Waals surface area contributed by atoms with Crippen LogP contribution in [0.4, 0.5) is 0 Å². The molecule has 0 fully saturated rings. The maximum Gasteiger partial charge on any atom is 0.127 e. The zero-order chi connectivity index (χ0) is 26.7. The van der Waals surface area contributed by atoms with E-state index in [1.54, 1.807) is 7.11 Å². The predicted molar refractivity (Wildman–Crippen MR) is 151 cm³/mol. The molecule has 0 unspecified atom stereocenters. The Bertz CT molecular complexity index is 1410. The zero-order valence-corrected chi connectivity index (χ0v) is 25.4. The minimum absolute atomic E-state index is 0.